The van der Waals surface area contributed by atoms with Gasteiger partial charge in [-0.25, -0.2) is 0 Å². The molecule has 31 heavy (non-hydrogen) atoms. The van der Waals surface area contributed by atoms with Crippen molar-refractivity contribution in [2.75, 3.05) is 61.7 Å². The second-order valence-electron chi connectivity index (χ2n) is 7.16. The maximum Gasteiger partial charge on any atom is 0.254 e. The number of hydrogen-bond donors (Lipinski definition) is 0. The third-order valence-corrected chi connectivity index (χ3v) is 5.46. The van der Waals surface area contributed by atoms with Gasteiger partial charge in [-0.3, -0.25) is 9.69 Å². The summed E-state index contributed by atoms with van der Waals surface area (Å²) in [5, 5.41) is 0. The van der Waals surface area contributed by atoms with E-state index in [-0.39, 0.29) is 5.91 Å². The average Bonchev–Trinajstić information content (AvgIpc) is 2.83. The van der Waals surface area contributed by atoms with Gasteiger partial charge in [-0.1, -0.05) is 6.07 Å². The summed E-state index contributed by atoms with van der Waals surface area (Å²) in [6.45, 7) is 3.55. The summed E-state index contributed by atoms with van der Waals surface area (Å²) in [6.07, 6.45) is 0. The second kappa shape index (κ2) is 10.3. The Morgan fingerprint density at radius 3 is 1.90 bits per heavy atom. The van der Waals surface area contributed by atoms with Crippen LogP contribution in [0.5, 0.6) is 28.7 Å². The first-order valence-electron chi connectivity index (χ1n) is 10.1. The molecule has 8 heteroatoms. The molecule has 8 nitrogen and oxygen atoms in total. The summed E-state index contributed by atoms with van der Waals surface area (Å²) < 4.78 is 26.9. The van der Waals surface area contributed by atoms with Gasteiger partial charge < -0.3 is 28.6 Å². The molecule has 0 aromatic heterocycles. The average molecular weight is 431 g/mol. The molecule has 2 aromatic carbocycles. The highest BCUT2D eigenvalue weighted by atomic mass is 16.5. The van der Waals surface area contributed by atoms with Crippen LogP contribution in [0.3, 0.4) is 0 Å². The van der Waals surface area contributed by atoms with Crippen LogP contribution >= 0.6 is 0 Å². The fraction of sp³-hybridized carbons (Fsp3) is 0.435. The predicted molar refractivity (Wildman–Crippen MR) is 117 cm³/mol. The number of ether oxygens (including phenoxy) is 5. The Labute approximate surface area is 183 Å². The molecular formula is C23H30N2O6. The van der Waals surface area contributed by atoms with Crippen LogP contribution in [0.1, 0.15) is 15.9 Å². The largest absolute Gasteiger partial charge is 0.497 e. The molecule has 168 valence electrons. The molecule has 0 spiro atoms. The fourth-order valence-corrected chi connectivity index (χ4v) is 3.72. The SMILES string of the molecule is COc1ccc(CN2CCN(C(=O)c3cc(OC)c(OC)c(OC)c3)CC2)c(OC)c1. The van der Waals surface area contributed by atoms with Gasteiger partial charge in [0.25, 0.3) is 5.91 Å². The minimum atomic E-state index is -0.0547. The molecule has 1 heterocycles. The van der Waals surface area contributed by atoms with Crippen LogP contribution in [-0.2, 0) is 6.54 Å². The molecule has 0 bridgehead atoms. The summed E-state index contributed by atoms with van der Waals surface area (Å²) in [7, 11) is 7.92. The molecular weight excluding hydrogens is 400 g/mol. The Hall–Kier alpha value is -3.13. The number of nitrogens with zero attached hydrogens (tertiary/aromatic N) is 2. The van der Waals surface area contributed by atoms with Gasteiger partial charge in [-0.2, -0.15) is 0 Å². The maximum absolute atomic E-state index is 13.1. The zero-order valence-corrected chi connectivity index (χ0v) is 18.8. The molecule has 0 radical (unpaired) electrons. The van der Waals surface area contributed by atoms with E-state index >= 15 is 0 Å². The number of methoxy groups -OCH3 is 5. The number of amides is 1. The van der Waals surface area contributed by atoms with Gasteiger partial charge in [0, 0.05) is 49.9 Å². The number of benzene rings is 2. The van der Waals surface area contributed by atoms with Gasteiger partial charge in [0.2, 0.25) is 5.75 Å². The lowest BCUT2D eigenvalue weighted by Crippen LogP contribution is -2.48. The van der Waals surface area contributed by atoms with Crippen LogP contribution in [0.15, 0.2) is 30.3 Å². The number of piperazine rings is 1. The first-order valence-corrected chi connectivity index (χ1v) is 10.1. The first kappa shape index (κ1) is 22.6. The molecule has 1 aliphatic rings. The van der Waals surface area contributed by atoms with Crippen molar-refractivity contribution in [2.24, 2.45) is 0 Å². The van der Waals surface area contributed by atoms with E-state index in [1.54, 1.807) is 33.5 Å². The standard InChI is InChI=1S/C23H30N2O6/c1-27-18-7-6-16(19(14-18)28-2)15-24-8-10-25(11-9-24)23(26)17-12-20(29-3)22(31-5)21(13-17)30-4/h6-7,12-14H,8-11,15H2,1-5H3. The minimum Gasteiger partial charge on any atom is -0.497 e. The van der Waals surface area contributed by atoms with E-state index in [0.717, 1.165) is 36.7 Å². The summed E-state index contributed by atoms with van der Waals surface area (Å²) in [4.78, 5) is 17.3. The molecule has 2 aromatic rings. The molecule has 0 unspecified atom stereocenters. The van der Waals surface area contributed by atoms with Gasteiger partial charge in [-0.05, 0) is 18.2 Å². The highest BCUT2D eigenvalue weighted by Crippen LogP contribution is 2.38. The van der Waals surface area contributed by atoms with Crippen molar-refractivity contribution >= 4 is 5.91 Å². The summed E-state index contributed by atoms with van der Waals surface area (Å²) in [5.74, 6) is 2.92. The van der Waals surface area contributed by atoms with E-state index < -0.39 is 0 Å². The molecule has 0 atom stereocenters. The third-order valence-electron chi connectivity index (χ3n) is 5.46. The lowest BCUT2D eigenvalue weighted by Gasteiger charge is -2.35. The minimum absolute atomic E-state index is 0.0547. The van der Waals surface area contributed by atoms with Crippen molar-refractivity contribution in [1.29, 1.82) is 0 Å². The van der Waals surface area contributed by atoms with E-state index in [1.807, 2.05) is 23.1 Å². The summed E-state index contributed by atoms with van der Waals surface area (Å²) >= 11 is 0. The van der Waals surface area contributed by atoms with E-state index in [9.17, 15) is 4.79 Å². The lowest BCUT2D eigenvalue weighted by molar-refractivity contribution is 0.0626. The van der Waals surface area contributed by atoms with E-state index in [1.165, 1.54) is 14.2 Å². The lowest BCUT2D eigenvalue weighted by atomic mass is 10.1. The summed E-state index contributed by atoms with van der Waals surface area (Å²) in [5.41, 5.74) is 1.60. The van der Waals surface area contributed by atoms with Crippen LogP contribution in [0.25, 0.3) is 0 Å². The molecule has 1 amide bonds. The topological polar surface area (TPSA) is 69.7 Å². The molecule has 0 aliphatic carbocycles. The quantitative estimate of drug-likeness (QED) is 0.638. The third kappa shape index (κ3) is 4.96. The Bertz CT molecular complexity index is 884. The van der Waals surface area contributed by atoms with Gasteiger partial charge >= 0.3 is 0 Å². The van der Waals surface area contributed by atoms with Crippen molar-refractivity contribution in [2.45, 2.75) is 6.54 Å². The van der Waals surface area contributed by atoms with Gasteiger partial charge in [-0.15, -0.1) is 0 Å². The Morgan fingerprint density at radius 2 is 1.39 bits per heavy atom. The molecule has 3 rings (SSSR count). The number of rotatable bonds is 8. The normalized spacial score (nSPS) is 14.2. The monoisotopic (exact) mass is 430 g/mol. The highest BCUT2D eigenvalue weighted by Gasteiger charge is 2.25. The van der Waals surface area contributed by atoms with Crippen molar-refractivity contribution < 1.29 is 28.5 Å². The van der Waals surface area contributed by atoms with Crippen molar-refractivity contribution in [3.05, 3.63) is 41.5 Å². The maximum atomic E-state index is 13.1. The molecule has 1 fully saturated rings. The Balaban J connectivity index is 1.67. The van der Waals surface area contributed by atoms with Crippen LogP contribution in [-0.4, -0.2) is 77.4 Å². The number of hydrogen-bond acceptors (Lipinski definition) is 7. The van der Waals surface area contributed by atoms with Crippen LogP contribution in [0.2, 0.25) is 0 Å². The fourth-order valence-electron chi connectivity index (χ4n) is 3.72. The zero-order chi connectivity index (χ0) is 22.4. The van der Waals surface area contributed by atoms with Gasteiger partial charge in [0.1, 0.15) is 11.5 Å². The number of carbonyl (C=O) groups is 1. The van der Waals surface area contributed by atoms with Crippen molar-refractivity contribution in [3.63, 3.8) is 0 Å². The van der Waals surface area contributed by atoms with E-state index in [0.29, 0.717) is 35.9 Å². The zero-order valence-electron chi connectivity index (χ0n) is 18.8. The Morgan fingerprint density at radius 1 is 0.774 bits per heavy atom. The molecule has 1 aliphatic heterocycles. The van der Waals surface area contributed by atoms with Gasteiger partial charge in [0.15, 0.2) is 11.5 Å². The Kier molecular flexibility index (Phi) is 7.46. The van der Waals surface area contributed by atoms with Crippen molar-refractivity contribution in [3.8, 4) is 28.7 Å². The smallest absolute Gasteiger partial charge is 0.254 e. The second-order valence-corrected chi connectivity index (χ2v) is 7.16. The molecule has 0 N–H and O–H groups in total. The van der Waals surface area contributed by atoms with Crippen LogP contribution < -0.4 is 23.7 Å². The predicted octanol–water partition coefficient (Wildman–Crippen LogP) is 2.69. The molecule has 0 saturated carbocycles. The van der Waals surface area contributed by atoms with E-state index in [4.69, 9.17) is 23.7 Å². The van der Waals surface area contributed by atoms with Crippen LogP contribution in [0.4, 0.5) is 0 Å². The number of carbonyl (C=O) groups excluding carboxylic acids is 1. The van der Waals surface area contributed by atoms with Crippen LogP contribution in [0, 0.1) is 0 Å². The highest BCUT2D eigenvalue weighted by molar-refractivity contribution is 5.95. The molecule has 1 saturated heterocycles. The first-order chi connectivity index (χ1) is 15.0. The van der Waals surface area contributed by atoms with Crippen molar-refractivity contribution in [1.82, 2.24) is 9.80 Å². The van der Waals surface area contributed by atoms with Gasteiger partial charge in [0.05, 0.1) is 35.5 Å². The summed E-state index contributed by atoms with van der Waals surface area (Å²) in [6, 6.07) is 9.23. The van der Waals surface area contributed by atoms with E-state index in [2.05, 4.69) is 4.90 Å².